The quantitative estimate of drug-likeness (QED) is 0.760. The van der Waals surface area contributed by atoms with E-state index in [2.05, 4.69) is 10.00 Å². The zero-order valence-corrected chi connectivity index (χ0v) is 13.2. The van der Waals surface area contributed by atoms with Gasteiger partial charge in [-0.2, -0.15) is 5.10 Å². The van der Waals surface area contributed by atoms with Gasteiger partial charge in [-0.1, -0.05) is 6.42 Å². The molecule has 0 saturated heterocycles. The maximum atomic E-state index is 12.9. The summed E-state index contributed by atoms with van der Waals surface area (Å²) >= 11 is 0. The maximum Gasteiger partial charge on any atom is 0.188 e. The molecule has 0 aromatic carbocycles. The summed E-state index contributed by atoms with van der Waals surface area (Å²) in [5.74, 6) is 1.01. The van der Waals surface area contributed by atoms with E-state index < -0.39 is 0 Å². The summed E-state index contributed by atoms with van der Waals surface area (Å²) in [6.45, 7) is 2.08. The minimum absolute atomic E-state index is 0.0127. The van der Waals surface area contributed by atoms with Crippen LogP contribution in [0.2, 0.25) is 0 Å². The molecular formula is C15H26N4O2. The van der Waals surface area contributed by atoms with Crippen molar-refractivity contribution in [2.45, 2.75) is 25.8 Å². The van der Waals surface area contributed by atoms with Gasteiger partial charge in [0.05, 0.1) is 19.9 Å². The topological polar surface area (TPSA) is 73.4 Å². The molecule has 2 rings (SSSR count). The van der Waals surface area contributed by atoms with Gasteiger partial charge in [0.1, 0.15) is 5.69 Å². The van der Waals surface area contributed by atoms with Gasteiger partial charge in [0.2, 0.25) is 0 Å². The number of nitrogens with two attached hydrogens (primary N) is 1. The number of carbonyl (C=O) groups is 1. The minimum Gasteiger partial charge on any atom is -0.493 e. The molecule has 1 aromatic rings. The number of hydrogen-bond acceptors (Lipinski definition) is 5. The number of methoxy groups -OCH3 is 1. The Labute approximate surface area is 126 Å². The summed E-state index contributed by atoms with van der Waals surface area (Å²) in [4.78, 5) is 15.0. The monoisotopic (exact) mass is 294 g/mol. The minimum atomic E-state index is 0.0127. The second kappa shape index (κ2) is 7.04. The van der Waals surface area contributed by atoms with Gasteiger partial charge in [-0.3, -0.25) is 9.48 Å². The fraction of sp³-hybridized carbons (Fsp3) is 0.733. The Morgan fingerprint density at radius 1 is 1.52 bits per heavy atom. The molecule has 118 valence electrons. The Morgan fingerprint density at radius 2 is 2.29 bits per heavy atom. The van der Waals surface area contributed by atoms with Gasteiger partial charge < -0.3 is 15.4 Å². The van der Waals surface area contributed by atoms with Gasteiger partial charge >= 0.3 is 0 Å². The molecule has 0 bridgehead atoms. The number of Topliss-reactive ketones (excluding diaryl/α,β-unsaturated/α-hetero) is 1. The van der Waals surface area contributed by atoms with Crippen molar-refractivity contribution in [1.82, 2.24) is 14.7 Å². The zero-order valence-electron chi connectivity index (χ0n) is 13.2. The number of likely N-dealkylation sites (N-methyl/N-ethyl adjacent to an activating group) is 1. The molecular weight excluding hydrogens is 268 g/mol. The fourth-order valence-corrected chi connectivity index (χ4v) is 3.07. The predicted octanol–water partition coefficient (Wildman–Crippen LogP) is 1.01. The second-order valence-electron chi connectivity index (χ2n) is 5.99. The Kier molecular flexibility index (Phi) is 5.36. The highest BCUT2D eigenvalue weighted by molar-refractivity contribution is 5.99. The van der Waals surface area contributed by atoms with E-state index in [9.17, 15) is 4.79 Å². The molecule has 1 aliphatic carbocycles. The van der Waals surface area contributed by atoms with Crippen molar-refractivity contribution < 1.29 is 9.53 Å². The highest BCUT2D eigenvalue weighted by atomic mass is 16.5. The third-order valence-electron chi connectivity index (χ3n) is 4.32. The molecule has 1 aliphatic rings. The van der Waals surface area contributed by atoms with Gasteiger partial charge in [0, 0.05) is 12.5 Å². The summed E-state index contributed by atoms with van der Waals surface area (Å²) in [5, 5.41) is 4.32. The van der Waals surface area contributed by atoms with Crippen LogP contribution >= 0.6 is 0 Å². The van der Waals surface area contributed by atoms with Crippen LogP contribution in [-0.2, 0) is 6.54 Å². The van der Waals surface area contributed by atoms with Crippen molar-refractivity contribution in [3.05, 3.63) is 11.9 Å². The third kappa shape index (κ3) is 3.44. The first kappa shape index (κ1) is 16.0. The van der Waals surface area contributed by atoms with Gasteiger partial charge in [-0.05, 0) is 39.4 Å². The molecule has 1 aromatic heterocycles. The highest BCUT2D eigenvalue weighted by Crippen LogP contribution is 2.35. The first-order valence-corrected chi connectivity index (χ1v) is 7.57. The molecule has 6 heteroatoms. The summed E-state index contributed by atoms with van der Waals surface area (Å²) in [6.07, 6.45) is 4.67. The van der Waals surface area contributed by atoms with E-state index in [1.165, 1.54) is 0 Å². The Morgan fingerprint density at radius 3 is 2.90 bits per heavy atom. The second-order valence-corrected chi connectivity index (χ2v) is 5.99. The van der Waals surface area contributed by atoms with Crippen LogP contribution in [0.15, 0.2) is 6.20 Å². The van der Waals surface area contributed by atoms with E-state index in [4.69, 9.17) is 10.5 Å². The van der Waals surface area contributed by atoms with E-state index in [0.717, 1.165) is 25.8 Å². The third-order valence-corrected chi connectivity index (χ3v) is 4.32. The molecule has 21 heavy (non-hydrogen) atoms. The van der Waals surface area contributed by atoms with Crippen LogP contribution in [-0.4, -0.2) is 54.8 Å². The van der Waals surface area contributed by atoms with E-state index in [-0.39, 0.29) is 11.7 Å². The lowest BCUT2D eigenvalue weighted by Gasteiger charge is -2.18. The fourth-order valence-electron chi connectivity index (χ4n) is 3.07. The van der Waals surface area contributed by atoms with Crippen molar-refractivity contribution in [2.24, 2.45) is 17.6 Å². The lowest BCUT2D eigenvalue weighted by molar-refractivity contribution is 0.0878. The molecule has 2 atom stereocenters. The van der Waals surface area contributed by atoms with Gasteiger partial charge in [0.15, 0.2) is 11.5 Å². The van der Waals surface area contributed by atoms with E-state index in [1.54, 1.807) is 18.0 Å². The molecule has 1 fully saturated rings. The molecule has 1 heterocycles. The van der Waals surface area contributed by atoms with Crippen LogP contribution in [0.1, 0.15) is 29.8 Å². The lowest BCUT2D eigenvalue weighted by atomic mass is 9.90. The Balaban J connectivity index is 2.23. The van der Waals surface area contributed by atoms with Crippen molar-refractivity contribution >= 4 is 5.78 Å². The van der Waals surface area contributed by atoms with E-state index in [1.807, 2.05) is 14.1 Å². The number of rotatable bonds is 7. The Hall–Kier alpha value is -1.40. The average molecular weight is 294 g/mol. The van der Waals surface area contributed by atoms with Crippen molar-refractivity contribution in [3.8, 4) is 5.75 Å². The molecule has 0 spiro atoms. The maximum absolute atomic E-state index is 12.9. The van der Waals surface area contributed by atoms with Crippen LogP contribution in [0.3, 0.4) is 0 Å². The van der Waals surface area contributed by atoms with Gasteiger partial charge in [-0.25, -0.2) is 0 Å². The SMILES string of the molecule is COc1cnn(CCN(C)C)c1C(=O)C1CCCC1CN. The predicted molar refractivity (Wildman–Crippen MR) is 81.5 cm³/mol. The van der Waals surface area contributed by atoms with Gasteiger partial charge in [0.25, 0.3) is 0 Å². The summed E-state index contributed by atoms with van der Waals surface area (Å²) in [7, 11) is 5.59. The number of nitrogens with zero attached hydrogens (tertiary/aromatic N) is 3. The molecule has 2 unspecified atom stereocenters. The van der Waals surface area contributed by atoms with Crippen LogP contribution < -0.4 is 10.5 Å². The van der Waals surface area contributed by atoms with Crippen molar-refractivity contribution in [3.63, 3.8) is 0 Å². The summed E-state index contributed by atoms with van der Waals surface area (Å²) in [5.41, 5.74) is 6.41. The largest absolute Gasteiger partial charge is 0.493 e. The number of ketones is 1. The average Bonchev–Trinajstić information content (AvgIpc) is 3.10. The Bertz CT molecular complexity index is 484. The first-order valence-electron chi connectivity index (χ1n) is 7.57. The standard InChI is InChI=1S/C15H26N4O2/c1-18(2)7-8-19-14(13(21-3)10-17-19)15(20)12-6-4-5-11(12)9-16/h10-12H,4-9,16H2,1-3H3. The van der Waals surface area contributed by atoms with Crippen LogP contribution in [0.25, 0.3) is 0 Å². The summed E-state index contributed by atoms with van der Waals surface area (Å²) < 4.78 is 7.10. The normalized spacial score (nSPS) is 22.0. The number of aromatic nitrogens is 2. The molecule has 2 N–H and O–H groups in total. The molecule has 6 nitrogen and oxygen atoms in total. The smallest absolute Gasteiger partial charge is 0.188 e. The van der Waals surface area contributed by atoms with Crippen molar-refractivity contribution in [1.29, 1.82) is 0 Å². The lowest BCUT2D eigenvalue weighted by Crippen LogP contribution is -2.28. The molecule has 0 aliphatic heterocycles. The van der Waals surface area contributed by atoms with Crippen LogP contribution in [0, 0.1) is 11.8 Å². The van der Waals surface area contributed by atoms with E-state index >= 15 is 0 Å². The van der Waals surface area contributed by atoms with Crippen LogP contribution in [0.4, 0.5) is 0 Å². The zero-order chi connectivity index (χ0) is 15.4. The highest BCUT2D eigenvalue weighted by Gasteiger charge is 2.35. The van der Waals surface area contributed by atoms with Gasteiger partial charge in [-0.15, -0.1) is 0 Å². The van der Waals surface area contributed by atoms with Crippen molar-refractivity contribution in [2.75, 3.05) is 34.3 Å². The number of carbonyl (C=O) groups excluding carboxylic acids is 1. The first-order chi connectivity index (χ1) is 10.1. The molecule has 0 radical (unpaired) electrons. The number of hydrogen-bond donors (Lipinski definition) is 1. The molecule has 1 saturated carbocycles. The number of ether oxygens (including phenoxy) is 1. The molecule has 0 amide bonds. The van der Waals surface area contributed by atoms with Crippen LogP contribution in [0.5, 0.6) is 5.75 Å². The summed E-state index contributed by atoms with van der Waals surface area (Å²) in [6, 6.07) is 0. The van der Waals surface area contributed by atoms with E-state index in [0.29, 0.717) is 30.5 Å².